The van der Waals surface area contributed by atoms with Crippen LogP contribution in [0.1, 0.15) is 0 Å². The van der Waals surface area contributed by atoms with E-state index in [0.29, 0.717) is 35.1 Å². The minimum absolute atomic E-state index is 0.544. The van der Waals surface area contributed by atoms with Crippen LogP contribution in [-0.4, -0.2) is 39.0 Å². The van der Waals surface area contributed by atoms with Gasteiger partial charge in [-0.3, -0.25) is 4.57 Å². The third-order valence-corrected chi connectivity index (χ3v) is 12.6. The molecule has 13 rings (SSSR count). The molecule has 0 spiro atoms. The molecule has 8 heteroatoms. The molecule has 0 bridgehead atoms. The van der Waals surface area contributed by atoms with E-state index in [1.54, 1.807) is 0 Å². The van der Waals surface area contributed by atoms with E-state index in [2.05, 4.69) is 143 Å². The first-order chi connectivity index (χ1) is 33.7. The Kier molecular flexibility index (Phi) is 9.31. The predicted octanol–water partition coefficient (Wildman–Crippen LogP) is 14.3. The maximum atomic E-state index is 5.21. The summed E-state index contributed by atoms with van der Waals surface area (Å²) in [5, 5.41) is 4.47. The number of benzene rings is 9. The number of nitrogens with zero attached hydrogens (tertiary/aromatic N) is 8. The summed E-state index contributed by atoms with van der Waals surface area (Å²) in [5.41, 5.74) is 11.9. The standard InChI is InChI=1S/C60H38N8/c1-5-19-39(20-6-1)43-27-17-28-44(37-43)58-61-55(40-21-7-2-8-22-40)62-59(64-58)45-29-18-30-46(38-45)67-50-33-15-13-31-47(50)48-35-36-52-53(54(48)67)49-32-14-16-34-51(49)68(52)60-65-56(41-23-9-3-10-24-41)63-57(66-60)42-25-11-4-12-26-42/h1-38H. The van der Waals surface area contributed by atoms with E-state index < -0.39 is 0 Å². The van der Waals surface area contributed by atoms with Crippen molar-refractivity contribution in [2.45, 2.75) is 0 Å². The van der Waals surface area contributed by atoms with Gasteiger partial charge in [-0.1, -0.05) is 194 Å². The zero-order valence-electron chi connectivity index (χ0n) is 36.5. The average Bonchev–Trinajstić information content (AvgIpc) is 3.95. The van der Waals surface area contributed by atoms with E-state index >= 15 is 0 Å². The fraction of sp³-hybridized carbons (Fsp3) is 0. The van der Waals surface area contributed by atoms with Crippen molar-refractivity contribution in [2.75, 3.05) is 0 Å². The van der Waals surface area contributed by atoms with Gasteiger partial charge >= 0.3 is 0 Å². The zero-order chi connectivity index (χ0) is 45.0. The summed E-state index contributed by atoms with van der Waals surface area (Å²) in [6.07, 6.45) is 0. The fourth-order valence-corrected chi connectivity index (χ4v) is 9.49. The summed E-state index contributed by atoms with van der Waals surface area (Å²) in [4.78, 5) is 30.9. The molecule has 0 aliphatic carbocycles. The molecule has 0 saturated carbocycles. The second-order valence-corrected chi connectivity index (χ2v) is 16.7. The van der Waals surface area contributed by atoms with Crippen molar-refractivity contribution < 1.29 is 0 Å². The number of hydrogen-bond acceptors (Lipinski definition) is 6. The van der Waals surface area contributed by atoms with Gasteiger partial charge in [0.25, 0.3) is 0 Å². The monoisotopic (exact) mass is 870 g/mol. The second-order valence-electron chi connectivity index (χ2n) is 16.7. The minimum atomic E-state index is 0.544. The molecule has 9 aromatic carbocycles. The average molecular weight is 871 g/mol. The first-order valence-corrected chi connectivity index (χ1v) is 22.6. The summed E-state index contributed by atoms with van der Waals surface area (Å²) in [7, 11) is 0. The summed E-state index contributed by atoms with van der Waals surface area (Å²) in [5.74, 6) is 3.55. The lowest BCUT2D eigenvalue weighted by Gasteiger charge is -2.13. The smallest absolute Gasteiger partial charge is 0.238 e. The molecule has 0 saturated heterocycles. The third-order valence-electron chi connectivity index (χ3n) is 12.6. The van der Waals surface area contributed by atoms with Gasteiger partial charge in [-0.05, 0) is 47.5 Å². The number of aromatic nitrogens is 8. The van der Waals surface area contributed by atoms with Crippen molar-refractivity contribution in [3.05, 3.63) is 231 Å². The molecule has 0 unspecified atom stereocenters. The summed E-state index contributed by atoms with van der Waals surface area (Å²) < 4.78 is 4.57. The molecule has 0 aliphatic heterocycles. The summed E-state index contributed by atoms with van der Waals surface area (Å²) in [6.45, 7) is 0. The summed E-state index contributed by atoms with van der Waals surface area (Å²) >= 11 is 0. The largest absolute Gasteiger partial charge is 0.309 e. The predicted molar refractivity (Wildman–Crippen MR) is 275 cm³/mol. The maximum absolute atomic E-state index is 5.21. The van der Waals surface area contributed by atoms with E-state index in [4.69, 9.17) is 29.9 Å². The molecule has 68 heavy (non-hydrogen) atoms. The highest BCUT2D eigenvalue weighted by Gasteiger charge is 2.23. The van der Waals surface area contributed by atoms with Crippen LogP contribution in [0.2, 0.25) is 0 Å². The molecule has 13 aromatic rings. The lowest BCUT2D eigenvalue weighted by atomic mass is 10.0. The normalized spacial score (nSPS) is 11.5. The maximum Gasteiger partial charge on any atom is 0.238 e. The molecule has 8 nitrogen and oxygen atoms in total. The molecule has 0 amide bonds. The van der Waals surface area contributed by atoms with Gasteiger partial charge in [0.05, 0.1) is 22.1 Å². The van der Waals surface area contributed by atoms with Gasteiger partial charge in [0.1, 0.15) is 0 Å². The topological polar surface area (TPSA) is 87.2 Å². The van der Waals surface area contributed by atoms with Gasteiger partial charge in [-0.2, -0.15) is 9.97 Å². The molecule has 0 radical (unpaired) electrons. The highest BCUT2D eigenvalue weighted by atomic mass is 15.2. The van der Waals surface area contributed by atoms with Gasteiger partial charge in [0.2, 0.25) is 5.95 Å². The van der Waals surface area contributed by atoms with Gasteiger partial charge in [0, 0.05) is 55.0 Å². The van der Waals surface area contributed by atoms with Crippen LogP contribution in [0.25, 0.3) is 123 Å². The Hall–Kier alpha value is -9.40. The first kappa shape index (κ1) is 39.0. The van der Waals surface area contributed by atoms with Crippen molar-refractivity contribution in [1.82, 2.24) is 39.0 Å². The zero-order valence-corrected chi connectivity index (χ0v) is 36.5. The number of para-hydroxylation sites is 2. The minimum Gasteiger partial charge on any atom is -0.309 e. The van der Waals surface area contributed by atoms with Crippen LogP contribution in [0.4, 0.5) is 0 Å². The van der Waals surface area contributed by atoms with Gasteiger partial charge in [0.15, 0.2) is 29.1 Å². The molecule has 318 valence electrons. The number of hydrogen-bond donors (Lipinski definition) is 0. The molecule has 0 atom stereocenters. The molecule has 0 fully saturated rings. The highest BCUT2D eigenvalue weighted by molar-refractivity contribution is 6.26. The lowest BCUT2D eigenvalue weighted by Crippen LogP contribution is -2.06. The SMILES string of the molecule is c1ccc(-c2cccc(-c3nc(-c4ccccc4)nc(-c4cccc(-n5c6ccccc6c6ccc7c(c8ccccc8n7-c7nc(-c8ccccc8)nc(-c8ccccc8)n7)c65)c4)n3)c2)cc1. The second kappa shape index (κ2) is 16.2. The van der Waals surface area contributed by atoms with Crippen LogP contribution in [-0.2, 0) is 0 Å². The van der Waals surface area contributed by atoms with Crippen LogP contribution in [0.3, 0.4) is 0 Å². The molecular formula is C60H38N8. The molecule has 0 aliphatic rings. The van der Waals surface area contributed by atoms with Crippen molar-refractivity contribution in [3.63, 3.8) is 0 Å². The van der Waals surface area contributed by atoms with Gasteiger partial charge in [-0.15, -0.1) is 0 Å². The van der Waals surface area contributed by atoms with Crippen molar-refractivity contribution in [1.29, 1.82) is 0 Å². The Morgan fingerprint density at radius 2 is 0.676 bits per heavy atom. The van der Waals surface area contributed by atoms with Gasteiger partial charge in [-0.25, -0.2) is 19.9 Å². The molecule has 4 heterocycles. The van der Waals surface area contributed by atoms with Crippen LogP contribution >= 0.6 is 0 Å². The number of fused-ring (bicyclic) bond motifs is 7. The molecular weight excluding hydrogens is 833 g/mol. The van der Waals surface area contributed by atoms with E-state index in [0.717, 1.165) is 88.2 Å². The molecule has 4 aromatic heterocycles. The van der Waals surface area contributed by atoms with Gasteiger partial charge < -0.3 is 4.57 Å². The quantitative estimate of drug-likeness (QED) is 0.151. The van der Waals surface area contributed by atoms with Crippen LogP contribution in [0.15, 0.2) is 231 Å². The van der Waals surface area contributed by atoms with Crippen LogP contribution < -0.4 is 0 Å². The number of rotatable bonds is 8. The Balaban J connectivity index is 1.03. The van der Waals surface area contributed by atoms with E-state index in [1.165, 1.54) is 0 Å². The Bertz CT molecular complexity index is 3960. The van der Waals surface area contributed by atoms with Crippen molar-refractivity contribution >= 4 is 43.6 Å². The lowest BCUT2D eigenvalue weighted by molar-refractivity contribution is 0.953. The first-order valence-electron chi connectivity index (χ1n) is 22.6. The fourth-order valence-electron chi connectivity index (χ4n) is 9.49. The van der Waals surface area contributed by atoms with E-state index in [1.807, 2.05) is 97.1 Å². The van der Waals surface area contributed by atoms with E-state index in [-0.39, 0.29) is 0 Å². The Morgan fingerprint density at radius 3 is 1.26 bits per heavy atom. The van der Waals surface area contributed by atoms with Crippen molar-refractivity contribution in [2.24, 2.45) is 0 Å². The van der Waals surface area contributed by atoms with E-state index in [9.17, 15) is 0 Å². The molecule has 0 N–H and O–H groups in total. The van der Waals surface area contributed by atoms with Crippen LogP contribution in [0, 0.1) is 0 Å². The van der Waals surface area contributed by atoms with Crippen LogP contribution in [0.5, 0.6) is 0 Å². The highest BCUT2D eigenvalue weighted by Crippen LogP contribution is 2.42. The third kappa shape index (κ3) is 6.70. The summed E-state index contributed by atoms with van der Waals surface area (Å²) in [6, 6.07) is 79.3. The Morgan fingerprint density at radius 1 is 0.250 bits per heavy atom. The van der Waals surface area contributed by atoms with Crippen molar-refractivity contribution in [3.8, 4) is 79.7 Å². The Labute approximate surface area is 391 Å².